The number of rotatable bonds is 6. The summed E-state index contributed by atoms with van der Waals surface area (Å²) < 4.78 is 48.8. The first-order valence-corrected chi connectivity index (χ1v) is 11.8. The molecule has 0 radical (unpaired) electrons. The topological polar surface area (TPSA) is 65.4 Å². The molecule has 1 saturated carbocycles. The summed E-state index contributed by atoms with van der Waals surface area (Å²) in [4.78, 5) is 17.2. The molecule has 0 saturated heterocycles. The minimum Gasteiger partial charge on any atom is -0.462 e. The van der Waals surface area contributed by atoms with Gasteiger partial charge >= 0.3 is 12.3 Å². The minimum absolute atomic E-state index is 0.130. The molecule has 188 valence electrons. The van der Waals surface area contributed by atoms with Gasteiger partial charge in [0.25, 0.3) is 0 Å². The van der Waals surface area contributed by atoms with E-state index in [2.05, 4.69) is 35.4 Å². The third-order valence-corrected chi connectivity index (χ3v) is 6.27. The standard InChI is InChI=1S/C26H30F3N3O3/c1-5-34-23(33)17-6-11-21-22(13-17)32(19-12-16(2)14-25(3,4)15-19)24(31-21)30-18-7-9-20(10-8-18)35-26(27,28)29/h6-11,13,16,19H,5,12,14-15H2,1-4H3,(H,30,31)/t16-,19?/m1/s1. The van der Waals surface area contributed by atoms with Gasteiger partial charge in [0.15, 0.2) is 0 Å². The largest absolute Gasteiger partial charge is 0.573 e. The van der Waals surface area contributed by atoms with Crippen molar-refractivity contribution < 1.29 is 27.4 Å². The van der Waals surface area contributed by atoms with Crippen LogP contribution in [0.25, 0.3) is 11.0 Å². The fourth-order valence-electron chi connectivity index (χ4n) is 5.25. The molecule has 0 spiro atoms. The fraction of sp³-hybridized carbons (Fsp3) is 0.462. The summed E-state index contributed by atoms with van der Waals surface area (Å²) in [6, 6.07) is 11.0. The van der Waals surface area contributed by atoms with E-state index in [0.29, 0.717) is 28.6 Å². The lowest BCUT2D eigenvalue weighted by Crippen LogP contribution is -2.29. The lowest BCUT2D eigenvalue weighted by Gasteiger charge is -2.40. The highest BCUT2D eigenvalue weighted by molar-refractivity contribution is 5.94. The van der Waals surface area contributed by atoms with Gasteiger partial charge in [-0.3, -0.25) is 0 Å². The predicted molar refractivity (Wildman–Crippen MR) is 128 cm³/mol. The van der Waals surface area contributed by atoms with E-state index in [0.717, 1.165) is 24.8 Å². The number of imidazole rings is 1. The van der Waals surface area contributed by atoms with Gasteiger partial charge in [-0.15, -0.1) is 13.2 Å². The van der Waals surface area contributed by atoms with Crippen LogP contribution in [0.3, 0.4) is 0 Å². The number of esters is 1. The molecule has 4 rings (SSSR count). The van der Waals surface area contributed by atoms with Crippen molar-refractivity contribution in [2.24, 2.45) is 11.3 Å². The van der Waals surface area contributed by atoms with Crippen LogP contribution in [0, 0.1) is 11.3 Å². The molecule has 1 fully saturated rings. The van der Waals surface area contributed by atoms with E-state index in [4.69, 9.17) is 9.72 Å². The Morgan fingerprint density at radius 2 is 1.89 bits per heavy atom. The van der Waals surface area contributed by atoms with Crippen LogP contribution >= 0.6 is 0 Å². The van der Waals surface area contributed by atoms with Gasteiger partial charge in [0, 0.05) is 11.7 Å². The maximum absolute atomic E-state index is 12.5. The second-order valence-corrected chi connectivity index (χ2v) is 9.99. The molecule has 0 bridgehead atoms. The number of aromatic nitrogens is 2. The van der Waals surface area contributed by atoms with Gasteiger partial charge in [-0.2, -0.15) is 0 Å². The van der Waals surface area contributed by atoms with Gasteiger partial charge in [-0.25, -0.2) is 9.78 Å². The quantitative estimate of drug-likeness (QED) is 0.370. The Kier molecular flexibility index (Phi) is 6.71. The number of carbonyl (C=O) groups excluding carboxylic acids is 1. The zero-order valence-electron chi connectivity index (χ0n) is 20.3. The number of halogens is 3. The third kappa shape index (κ3) is 5.89. The van der Waals surface area contributed by atoms with Crippen LogP contribution in [0.15, 0.2) is 42.5 Å². The van der Waals surface area contributed by atoms with Crippen LogP contribution in [-0.4, -0.2) is 28.5 Å². The second-order valence-electron chi connectivity index (χ2n) is 9.99. The number of hydrogen-bond donors (Lipinski definition) is 1. The second kappa shape index (κ2) is 9.43. The number of alkyl halides is 3. The molecule has 0 amide bonds. The van der Waals surface area contributed by atoms with Crippen LogP contribution in [-0.2, 0) is 4.74 Å². The van der Waals surface area contributed by atoms with Crippen LogP contribution in [0.4, 0.5) is 24.8 Å². The average molecular weight is 490 g/mol. The molecule has 3 aromatic rings. The first-order chi connectivity index (χ1) is 16.4. The van der Waals surface area contributed by atoms with E-state index >= 15 is 0 Å². The predicted octanol–water partition coefficient (Wildman–Crippen LogP) is 7.24. The van der Waals surface area contributed by atoms with Crippen LogP contribution in [0.5, 0.6) is 5.75 Å². The van der Waals surface area contributed by atoms with Crippen molar-refractivity contribution in [1.29, 1.82) is 0 Å². The fourth-order valence-corrected chi connectivity index (χ4v) is 5.25. The minimum atomic E-state index is -4.75. The van der Waals surface area contributed by atoms with Crippen molar-refractivity contribution in [1.82, 2.24) is 9.55 Å². The van der Waals surface area contributed by atoms with E-state index < -0.39 is 12.3 Å². The molecule has 2 atom stereocenters. The number of fused-ring (bicyclic) bond motifs is 1. The molecule has 6 nitrogen and oxygen atoms in total. The lowest BCUT2D eigenvalue weighted by atomic mass is 9.70. The maximum Gasteiger partial charge on any atom is 0.573 e. The van der Waals surface area contributed by atoms with E-state index in [1.807, 2.05) is 0 Å². The molecular weight excluding hydrogens is 459 g/mol. The van der Waals surface area contributed by atoms with Crippen molar-refractivity contribution >= 4 is 28.6 Å². The molecular formula is C26H30F3N3O3. The Bertz CT molecular complexity index is 1200. The number of benzene rings is 2. The molecule has 1 heterocycles. The summed E-state index contributed by atoms with van der Waals surface area (Å²) >= 11 is 0. The van der Waals surface area contributed by atoms with Crippen LogP contribution in [0.1, 0.15) is 63.4 Å². The van der Waals surface area contributed by atoms with Crippen molar-refractivity contribution in [3.05, 3.63) is 48.0 Å². The molecule has 1 unspecified atom stereocenters. The summed E-state index contributed by atoms with van der Waals surface area (Å²) in [7, 11) is 0. The van der Waals surface area contributed by atoms with E-state index in [-0.39, 0.29) is 23.8 Å². The van der Waals surface area contributed by atoms with Crippen molar-refractivity contribution in [3.8, 4) is 5.75 Å². The smallest absolute Gasteiger partial charge is 0.462 e. The number of carbonyl (C=O) groups is 1. The zero-order chi connectivity index (χ0) is 25.4. The van der Waals surface area contributed by atoms with Crippen molar-refractivity contribution in [3.63, 3.8) is 0 Å². The Morgan fingerprint density at radius 1 is 1.17 bits per heavy atom. The summed E-state index contributed by atoms with van der Waals surface area (Å²) in [5, 5.41) is 3.26. The highest BCUT2D eigenvalue weighted by Crippen LogP contribution is 2.46. The average Bonchev–Trinajstić information content (AvgIpc) is 3.10. The summed E-state index contributed by atoms with van der Waals surface area (Å²) in [5.41, 5.74) is 2.68. The summed E-state index contributed by atoms with van der Waals surface area (Å²) in [5.74, 6) is 0.384. The molecule has 0 aliphatic heterocycles. The molecule has 9 heteroatoms. The Morgan fingerprint density at radius 3 is 2.51 bits per heavy atom. The highest BCUT2D eigenvalue weighted by atomic mass is 19.4. The molecule has 35 heavy (non-hydrogen) atoms. The Labute approximate surface area is 202 Å². The van der Waals surface area contributed by atoms with Gasteiger partial charge in [-0.1, -0.05) is 20.8 Å². The number of hydrogen-bond acceptors (Lipinski definition) is 5. The monoisotopic (exact) mass is 489 g/mol. The Hall–Kier alpha value is -3.23. The highest BCUT2D eigenvalue weighted by Gasteiger charge is 2.35. The number of ether oxygens (including phenoxy) is 2. The van der Waals surface area contributed by atoms with Gasteiger partial charge in [0.2, 0.25) is 5.95 Å². The van der Waals surface area contributed by atoms with Crippen LogP contribution < -0.4 is 10.1 Å². The number of nitrogens with zero attached hydrogens (tertiary/aromatic N) is 2. The SMILES string of the molecule is CCOC(=O)c1ccc2nc(Nc3ccc(OC(F)(F)F)cc3)n(C3C[C@@H](C)CC(C)(C)C3)c2c1. The van der Waals surface area contributed by atoms with Gasteiger partial charge in [0.05, 0.1) is 23.2 Å². The molecule has 1 aliphatic rings. The van der Waals surface area contributed by atoms with Crippen molar-refractivity contribution in [2.75, 3.05) is 11.9 Å². The van der Waals surface area contributed by atoms with Gasteiger partial charge < -0.3 is 19.4 Å². The summed E-state index contributed by atoms with van der Waals surface area (Å²) in [6.45, 7) is 8.80. The molecule has 1 aliphatic carbocycles. The molecule has 2 aromatic carbocycles. The zero-order valence-corrected chi connectivity index (χ0v) is 20.3. The number of anilines is 2. The Balaban J connectivity index is 1.74. The molecule has 1 N–H and O–H groups in total. The van der Waals surface area contributed by atoms with E-state index in [9.17, 15) is 18.0 Å². The summed E-state index contributed by atoms with van der Waals surface area (Å²) in [6.07, 6.45) is -1.75. The van der Waals surface area contributed by atoms with Gasteiger partial charge in [0.1, 0.15) is 5.75 Å². The first-order valence-electron chi connectivity index (χ1n) is 11.8. The number of nitrogens with one attached hydrogen (secondary N) is 1. The van der Waals surface area contributed by atoms with Gasteiger partial charge in [-0.05, 0) is 80.0 Å². The molecule has 1 aromatic heterocycles. The lowest BCUT2D eigenvalue weighted by molar-refractivity contribution is -0.274. The third-order valence-electron chi connectivity index (χ3n) is 6.27. The van der Waals surface area contributed by atoms with E-state index in [1.54, 1.807) is 25.1 Å². The van der Waals surface area contributed by atoms with E-state index in [1.165, 1.54) is 24.3 Å². The normalized spacial score (nSPS) is 20.0. The maximum atomic E-state index is 12.5. The van der Waals surface area contributed by atoms with Crippen LogP contribution in [0.2, 0.25) is 0 Å². The van der Waals surface area contributed by atoms with Crippen molar-refractivity contribution in [2.45, 2.75) is 59.4 Å². The first kappa shape index (κ1) is 24.9.